The molecule has 0 unspecified atom stereocenters. The van der Waals surface area contributed by atoms with E-state index in [0.29, 0.717) is 0 Å². The van der Waals surface area contributed by atoms with Crippen LogP contribution in [0.2, 0.25) is 0 Å². The third-order valence-electron chi connectivity index (χ3n) is 5.61. The van der Waals surface area contributed by atoms with Crippen molar-refractivity contribution >= 4 is 16.8 Å². The summed E-state index contributed by atoms with van der Waals surface area (Å²) in [5.74, 6) is 1.62. The Hall–Kier alpha value is -1.82. The first-order chi connectivity index (χ1) is 10.9. The Balaban J connectivity index is 1.70. The fourth-order valence-corrected chi connectivity index (χ4v) is 4.46. The predicted octanol–water partition coefficient (Wildman–Crippen LogP) is 6.26. The molecule has 0 amide bonds. The molecule has 0 bridgehead atoms. The molecule has 2 aromatic carbocycles. The van der Waals surface area contributed by atoms with E-state index in [1.54, 1.807) is 5.56 Å². The third-order valence-corrected chi connectivity index (χ3v) is 5.61. The van der Waals surface area contributed by atoms with Crippen LogP contribution in [-0.2, 0) is 6.42 Å². The van der Waals surface area contributed by atoms with Gasteiger partial charge in [-0.1, -0.05) is 48.6 Å². The number of allylic oxidation sites excluding steroid dienone is 2. The molecule has 0 spiro atoms. The Bertz CT molecular complexity index is 727. The first kappa shape index (κ1) is 13.8. The molecule has 0 N–H and O–H groups in total. The van der Waals surface area contributed by atoms with Gasteiger partial charge in [-0.3, -0.25) is 0 Å². The van der Waals surface area contributed by atoms with E-state index in [1.807, 2.05) is 0 Å². The average Bonchev–Trinajstić information content (AvgIpc) is 2.57. The Morgan fingerprint density at radius 3 is 2.73 bits per heavy atom. The summed E-state index contributed by atoms with van der Waals surface area (Å²) >= 11 is 0. The molecule has 22 heavy (non-hydrogen) atoms. The lowest BCUT2D eigenvalue weighted by Gasteiger charge is -2.30. The van der Waals surface area contributed by atoms with Gasteiger partial charge in [0.25, 0.3) is 0 Å². The monoisotopic (exact) mass is 288 g/mol. The van der Waals surface area contributed by atoms with Crippen LogP contribution in [-0.4, -0.2) is 0 Å². The number of rotatable bonds is 3. The van der Waals surface area contributed by atoms with Crippen molar-refractivity contribution in [3.63, 3.8) is 0 Å². The minimum absolute atomic E-state index is 0.747. The molecule has 4 rings (SSSR count). The highest BCUT2D eigenvalue weighted by Crippen LogP contribution is 2.41. The predicted molar refractivity (Wildman–Crippen MR) is 96.2 cm³/mol. The largest absolute Gasteiger partial charge is 0.103 e. The van der Waals surface area contributed by atoms with E-state index < -0.39 is 0 Å². The van der Waals surface area contributed by atoms with E-state index in [2.05, 4.69) is 55.1 Å². The SMILES string of the molecule is C=CC[C@H]1CC[C@H](c2ccc3cccc4c3c2C=CC4)CC1. The van der Waals surface area contributed by atoms with Gasteiger partial charge in [-0.05, 0) is 77.8 Å². The first-order valence-electron chi connectivity index (χ1n) is 8.68. The van der Waals surface area contributed by atoms with Crippen LogP contribution in [0.25, 0.3) is 16.8 Å². The van der Waals surface area contributed by atoms with Crippen molar-refractivity contribution in [1.82, 2.24) is 0 Å². The van der Waals surface area contributed by atoms with Crippen LogP contribution in [0.5, 0.6) is 0 Å². The van der Waals surface area contributed by atoms with Gasteiger partial charge in [0.2, 0.25) is 0 Å². The summed E-state index contributed by atoms with van der Waals surface area (Å²) in [4.78, 5) is 0. The molecule has 2 aromatic rings. The van der Waals surface area contributed by atoms with Gasteiger partial charge in [-0.15, -0.1) is 6.58 Å². The van der Waals surface area contributed by atoms with Crippen molar-refractivity contribution in [3.8, 4) is 0 Å². The summed E-state index contributed by atoms with van der Waals surface area (Å²) < 4.78 is 0. The van der Waals surface area contributed by atoms with Gasteiger partial charge in [0.05, 0.1) is 0 Å². The Kier molecular flexibility index (Phi) is 3.62. The van der Waals surface area contributed by atoms with E-state index in [4.69, 9.17) is 0 Å². The first-order valence-corrected chi connectivity index (χ1v) is 8.68. The van der Waals surface area contributed by atoms with Gasteiger partial charge in [0, 0.05) is 0 Å². The van der Waals surface area contributed by atoms with Crippen molar-refractivity contribution in [2.45, 2.75) is 44.4 Å². The maximum absolute atomic E-state index is 3.90. The van der Waals surface area contributed by atoms with Crippen molar-refractivity contribution in [1.29, 1.82) is 0 Å². The van der Waals surface area contributed by atoms with Crippen LogP contribution in [0.4, 0.5) is 0 Å². The highest BCUT2D eigenvalue weighted by atomic mass is 14.3. The summed E-state index contributed by atoms with van der Waals surface area (Å²) in [6, 6.07) is 11.5. The molecule has 0 aromatic heterocycles. The van der Waals surface area contributed by atoms with Gasteiger partial charge in [-0.2, -0.15) is 0 Å². The molecule has 2 aliphatic carbocycles. The van der Waals surface area contributed by atoms with Gasteiger partial charge >= 0.3 is 0 Å². The summed E-state index contributed by atoms with van der Waals surface area (Å²) in [5, 5.41) is 2.91. The second-order valence-electron chi connectivity index (χ2n) is 6.93. The van der Waals surface area contributed by atoms with Gasteiger partial charge in [-0.25, -0.2) is 0 Å². The lowest BCUT2D eigenvalue weighted by Crippen LogP contribution is -2.14. The second-order valence-corrected chi connectivity index (χ2v) is 6.93. The van der Waals surface area contributed by atoms with Crippen LogP contribution in [0.3, 0.4) is 0 Å². The fourth-order valence-electron chi connectivity index (χ4n) is 4.46. The number of hydrogen-bond acceptors (Lipinski definition) is 0. The van der Waals surface area contributed by atoms with Gasteiger partial charge in [0.15, 0.2) is 0 Å². The molecule has 1 saturated carbocycles. The Morgan fingerprint density at radius 1 is 1.05 bits per heavy atom. The summed E-state index contributed by atoms with van der Waals surface area (Å²) in [6.07, 6.45) is 14.5. The van der Waals surface area contributed by atoms with Crippen molar-refractivity contribution in [3.05, 3.63) is 65.8 Å². The van der Waals surface area contributed by atoms with Crippen molar-refractivity contribution in [2.75, 3.05) is 0 Å². The van der Waals surface area contributed by atoms with E-state index >= 15 is 0 Å². The molecule has 1 fully saturated rings. The fraction of sp³-hybridized carbons (Fsp3) is 0.364. The molecular weight excluding hydrogens is 264 g/mol. The summed E-state index contributed by atoms with van der Waals surface area (Å²) in [5.41, 5.74) is 4.59. The molecule has 0 aliphatic heterocycles. The highest BCUT2D eigenvalue weighted by Gasteiger charge is 2.24. The average molecular weight is 288 g/mol. The lowest BCUT2D eigenvalue weighted by molar-refractivity contribution is 0.328. The van der Waals surface area contributed by atoms with Gasteiger partial charge < -0.3 is 0 Å². The zero-order valence-electron chi connectivity index (χ0n) is 13.2. The van der Waals surface area contributed by atoms with Crippen LogP contribution in [0.15, 0.2) is 49.1 Å². The van der Waals surface area contributed by atoms with Crippen molar-refractivity contribution in [2.24, 2.45) is 5.92 Å². The molecule has 0 heterocycles. The molecule has 2 aliphatic rings. The van der Waals surface area contributed by atoms with Gasteiger partial charge in [0.1, 0.15) is 0 Å². The standard InChI is InChI=1S/C22H24/c1-2-5-16-10-12-17(13-11-16)20-15-14-19-7-3-6-18-8-4-9-21(20)22(18)19/h2-4,6-7,9,14-17H,1,5,8,10-13H2/t16-,17-. The van der Waals surface area contributed by atoms with Crippen LogP contribution in [0, 0.1) is 5.92 Å². The number of hydrogen-bond donors (Lipinski definition) is 0. The lowest BCUT2D eigenvalue weighted by atomic mass is 9.75. The molecule has 0 atom stereocenters. The molecule has 112 valence electrons. The molecule has 0 nitrogen and oxygen atoms in total. The molecule has 0 heteroatoms. The summed E-state index contributed by atoms with van der Waals surface area (Å²) in [7, 11) is 0. The topological polar surface area (TPSA) is 0 Å². The smallest absolute Gasteiger partial charge is 0.00734 e. The zero-order chi connectivity index (χ0) is 14.9. The number of benzene rings is 2. The van der Waals surface area contributed by atoms with Crippen molar-refractivity contribution < 1.29 is 0 Å². The van der Waals surface area contributed by atoms with E-state index in [-0.39, 0.29) is 0 Å². The Morgan fingerprint density at radius 2 is 1.91 bits per heavy atom. The quantitative estimate of drug-likeness (QED) is 0.585. The Labute approximate surface area is 133 Å². The minimum Gasteiger partial charge on any atom is -0.103 e. The van der Waals surface area contributed by atoms with E-state index in [1.165, 1.54) is 54.0 Å². The molecule has 0 saturated heterocycles. The normalized spacial score (nSPS) is 23.6. The molecule has 0 radical (unpaired) electrons. The zero-order valence-corrected chi connectivity index (χ0v) is 13.2. The third kappa shape index (κ3) is 2.31. The maximum Gasteiger partial charge on any atom is -0.00734 e. The minimum atomic E-state index is 0.747. The van der Waals surface area contributed by atoms with E-state index in [9.17, 15) is 0 Å². The van der Waals surface area contributed by atoms with E-state index in [0.717, 1.165) is 18.3 Å². The highest BCUT2D eigenvalue weighted by molar-refractivity contribution is 5.96. The van der Waals surface area contributed by atoms with Crippen LogP contribution in [0.1, 0.15) is 54.7 Å². The van der Waals surface area contributed by atoms with Crippen LogP contribution >= 0.6 is 0 Å². The summed E-state index contributed by atoms with van der Waals surface area (Å²) in [6.45, 7) is 3.90. The second kappa shape index (κ2) is 5.76. The molecular formula is C22H24. The maximum atomic E-state index is 3.90. The van der Waals surface area contributed by atoms with Crippen LogP contribution < -0.4 is 0 Å².